The van der Waals surface area contributed by atoms with Crippen molar-refractivity contribution in [2.75, 3.05) is 26.4 Å². The third kappa shape index (κ3) is 4.07. The van der Waals surface area contributed by atoms with Crippen LogP contribution >= 0.6 is 0 Å². The highest BCUT2D eigenvalue weighted by Crippen LogP contribution is 2.26. The number of hydrogen-bond acceptors (Lipinski definition) is 5. The van der Waals surface area contributed by atoms with E-state index in [1.54, 1.807) is 12.1 Å². The van der Waals surface area contributed by atoms with Gasteiger partial charge in [-0.25, -0.2) is 16.8 Å². The second kappa shape index (κ2) is 6.66. The van der Waals surface area contributed by atoms with Crippen LogP contribution in [0.15, 0.2) is 29.2 Å². The zero-order valence-electron chi connectivity index (χ0n) is 12.8. The van der Waals surface area contributed by atoms with Gasteiger partial charge in [-0.1, -0.05) is 12.1 Å². The Bertz CT molecular complexity index is 712. The fourth-order valence-electron chi connectivity index (χ4n) is 2.76. The van der Waals surface area contributed by atoms with Crippen molar-refractivity contribution in [3.8, 4) is 0 Å². The summed E-state index contributed by atoms with van der Waals surface area (Å²) in [5.41, 5.74) is 0.592. The molecule has 1 aliphatic rings. The molecule has 2 rings (SSSR count). The second-order valence-electron chi connectivity index (χ2n) is 5.68. The van der Waals surface area contributed by atoms with Gasteiger partial charge in [0.15, 0.2) is 9.84 Å². The highest BCUT2D eigenvalue weighted by molar-refractivity contribution is 7.90. The van der Waals surface area contributed by atoms with E-state index < -0.39 is 19.9 Å². The molecule has 0 saturated carbocycles. The van der Waals surface area contributed by atoms with Gasteiger partial charge in [0, 0.05) is 25.4 Å². The molecule has 1 aromatic carbocycles. The maximum absolute atomic E-state index is 12.7. The number of hydrogen-bond donors (Lipinski definition) is 1. The van der Waals surface area contributed by atoms with Crippen molar-refractivity contribution < 1.29 is 16.8 Å². The standard InChI is InChI=1S/C14H22N2O4S2/c1-15-10-13-4-3-9-16(13)22(19,20)14-7-5-12(6-8-14)11-21(2,17)18/h5-8,13,15H,3-4,9-11H2,1-2H3. The molecule has 6 nitrogen and oxygen atoms in total. The monoisotopic (exact) mass is 346 g/mol. The van der Waals surface area contributed by atoms with Gasteiger partial charge in [-0.3, -0.25) is 0 Å². The summed E-state index contributed by atoms with van der Waals surface area (Å²) < 4.78 is 49.5. The topological polar surface area (TPSA) is 83.6 Å². The molecule has 1 saturated heterocycles. The Balaban J connectivity index is 2.23. The number of nitrogens with zero attached hydrogens (tertiary/aromatic N) is 1. The van der Waals surface area contributed by atoms with Crippen LogP contribution in [0, 0.1) is 0 Å². The first kappa shape index (κ1) is 17.4. The molecule has 0 spiro atoms. The first-order valence-electron chi connectivity index (χ1n) is 7.17. The van der Waals surface area contributed by atoms with E-state index in [4.69, 9.17) is 0 Å². The van der Waals surface area contributed by atoms with E-state index >= 15 is 0 Å². The van der Waals surface area contributed by atoms with Crippen LogP contribution in [0.3, 0.4) is 0 Å². The summed E-state index contributed by atoms with van der Waals surface area (Å²) in [6.45, 7) is 1.16. The van der Waals surface area contributed by atoms with Crippen molar-refractivity contribution in [3.05, 3.63) is 29.8 Å². The summed E-state index contributed by atoms with van der Waals surface area (Å²) in [6, 6.07) is 6.09. The first-order valence-corrected chi connectivity index (χ1v) is 10.7. The van der Waals surface area contributed by atoms with Gasteiger partial charge in [0.2, 0.25) is 10.0 Å². The zero-order valence-corrected chi connectivity index (χ0v) is 14.5. The summed E-state index contributed by atoms with van der Waals surface area (Å²) in [5, 5.41) is 3.03. The van der Waals surface area contributed by atoms with Crippen molar-refractivity contribution in [2.24, 2.45) is 0 Å². The normalized spacial score (nSPS) is 20.4. The quantitative estimate of drug-likeness (QED) is 0.816. The lowest BCUT2D eigenvalue weighted by Gasteiger charge is -2.24. The predicted octanol–water partition coefficient (Wildman–Crippen LogP) is 0.604. The molecule has 0 aliphatic carbocycles. The molecule has 22 heavy (non-hydrogen) atoms. The van der Waals surface area contributed by atoms with E-state index in [1.165, 1.54) is 16.4 Å². The van der Waals surface area contributed by atoms with E-state index in [1.807, 2.05) is 7.05 Å². The highest BCUT2D eigenvalue weighted by Gasteiger charge is 2.34. The minimum absolute atomic E-state index is 0.0225. The number of benzene rings is 1. The van der Waals surface area contributed by atoms with Crippen molar-refractivity contribution >= 4 is 19.9 Å². The Kier molecular flexibility index (Phi) is 5.26. The molecule has 1 atom stereocenters. The lowest BCUT2D eigenvalue weighted by molar-refractivity contribution is 0.379. The molecule has 0 aromatic heterocycles. The smallest absolute Gasteiger partial charge is 0.243 e. The molecule has 124 valence electrons. The molecular weight excluding hydrogens is 324 g/mol. The van der Waals surface area contributed by atoms with Gasteiger partial charge < -0.3 is 5.32 Å². The van der Waals surface area contributed by atoms with Crippen LogP contribution in [0.5, 0.6) is 0 Å². The molecule has 1 N–H and O–H groups in total. The summed E-state index contributed by atoms with van der Waals surface area (Å²) in [5.74, 6) is -0.0839. The van der Waals surface area contributed by atoms with Gasteiger partial charge in [0.25, 0.3) is 0 Å². The van der Waals surface area contributed by atoms with Crippen LogP contribution in [0.4, 0.5) is 0 Å². The molecule has 1 heterocycles. The highest BCUT2D eigenvalue weighted by atomic mass is 32.2. The zero-order chi connectivity index (χ0) is 16.4. The van der Waals surface area contributed by atoms with Crippen molar-refractivity contribution in [1.82, 2.24) is 9.62 Å². The van der Waals surface area contributed by atoms with Crippen LogP contribution < -0.4 is 5.32 Å². The van der Waals surface area contributed by atoms with Gasteiger partial charge in [-0.05, 0) is 37.6 Å². The minimum Gasteiger partial charge on any atom is -0.318 e. The fourth-order valence-corrected chi connectivity index (χ4v) is 5.25. The number of nitrogens with one attached hydrogen (secondary N) is 1. The lowest BCUT2D eigenvalue weighted by atomic mass is 10.2. The number of sulfonamides is 1. The molecule has 8 heteroatoms. The summed E-state index contributed by atoms with van der Waals surface area (Å²) in [7, 11) is -4.84. The molecule has 1 fully saturated rings. The van der Waals surface area contributed by atoms with Crippen LogP contribution in [0.2, 0.25) is 0 Å². The molecule has 0 bridgehead atoms. The number of sulfone groups is 1. The van der Waals surface area contributed by atoms with Crippen molar-refractivity contribution in [2.45, 2.75) is 29.5 Å². The van der Waals surface area contributed by atoms with Gasteiger partial charge in [-0.2, -0.15) is 4.31 Å². The van der Waals surface area contributed by atoms with Gasteiger partial charge in [0.05, 0.1) is 10.6 Å². The molecule has 0 amide bonds. The van der Waals surface area contributed by atoms with Gasteiger partial charge in [-0.15, -0.1) is 0 Å². The van der Waals surface area contributed by atoms with Gasteiger partial charge >= 0.3 is 0 Å². The molecular formula is C14H22N2O4S2. The SMILES string of the molecule is CNCC1CCCN1S(=O)(=O)c1ccc(CS(C)(=O)=O)cc1. The minimum atomic E-state index is -3.53. The van der Waals surface area contributed by atoms with Crippen LogP contribution in [-0.2, 0) is 25.6 Å². The largest absolute Gasteiger partial charge is 0.318 e. The predicted molar refractivity (Wildman–Crippen MR) is 85.8 cm³/mol. The number of rotatable bonds is 6. The van der Waals surface area contributed by atoms with E-state index in [0.717, 1.165) is 19.1 Å². The lowest BCUT2D eigenvalue weighted by Crippen LogP contribution is -2.40. The third-order valence-electron chi connectivity index (χ3n) is 3.72. The summed E-state index contributed by atoms with van der Waals surface area (Å²) >= 11 is 0. The Morgan fingerprint density at radius 2 is 1.82 bits per heavy atom. The Hall–Kier alpha value is -0.960. The van der Waals surface area contributed by atoms with E-state index in [2.05, 4.69) is 5.32 Å². The maximum Gasteiger partial charge on any atom is 0.243 e. The molecule has 1 aliphatic heterocycles. The van der Waals surface area contributed by atoms with Crippen molar-refractivity contribution in [1.29, 1.82) is 0 Å². The summed E-state index contributed by atoms with van der Waals surface area (Å²) in [6.07, 6.45) is 2.87. The Morgan fingerprint density at radius 3 is 2.36 bits per heavy atom. The van der Waals surface area contributed by atoms with Crippen molar-refractivity contribution in [3.63, 3.8) is 0 Å². The fraction of sp³-hybridized carbons (Fsp3) is 0.571. The first-order chi connectivity index (χ1) is 10.2. The van der Waals surface area contributed by atoms with E-state index in [9.17, 15) is 16.8 Å². The maximum atomic E-state index is 12.7. The van der Waals surface area contributed by atoms with E-state index in [0.29, 0.717) is 18.7 Å². The van der Waals surface area contributed by atoms with E-state index in [-0.39, 0.29) is 16.7 Å². The molecule has 0 radical (unpaired) electrons. The Labute approximate surface area is 132 Å². The molecule has 1 aromatic rings. The van der Waals surface area contributed by atoms with Gasteiger partial charge in [0.1, 0.15) is 0 Å². The average molecular weight is 346 g/mol. The Morgan fingerprint density at radius 1 is 1.18 bits per heavy atom. The number of likely N-dealkylation sites (N-methyl/N-ethyl adjacent to an activating group) is 1. The van der Waals surface area contributed by atoms with Crippen LogP contribution in [0.1, 0.15) is 18.4 Å². The molecule has 1 unspecified atom stereocenters. The second-order valence-corrected chi connectivity index (χ2v) is 9.71. The average Bonchev–Trinajstić information content (AvgIpc) is 2.87. The van der Waals surface area contributed by atoms with Crippen LogP contribution in [-0.4, -0.2) is 53.6 Å². The summed E-state index contributed by atoms with van der Waals surface area (Å²) in [4.78, 5) is 0.216. The third-order valence-corrected chi connectivity index (χ3v) is 6.55. The van der Waals surface area contributed by atoms with Crippen LogP contribution in [0.25, 0.3) is 0 Å².